The Morgan fingerprint density at radius 3 is 2.38 bits per heavy atom. The largest absolute Gasteiger partial charge is 0.353 e. The van der Waals surface area contributed by atoms with Gasteiger partial charge in [0.2, 0.25) is 15.9 Å². The fourth-order valence-electron chi connectivity index (χ4n) is 4.59. The van der Waals surface area contributed by atoms with Crippen molar-refractivity contribution in [2.75, 3.05) is 13.1 Å². The highest BCUT2D eigenvalue weighted by Crippen LogP contribution is 2.27. The van der Waals surface area contributed by atoms with Gasteiger partial charge < -0.3 is 5.32 Å². The van der Waals surface area contributed by atoms with Crippen LogP contribution in [0.15, 0.2) is 47.4 Å². The van der Waals surface area contributed by atoms with Gasteiger partial charge in [-0.2, -0.15) is 4.31 Å². The molecule has 1 amide bonds. The van der Waals surface area contributed by atoms with Crippen molar-refractivity contribution in [1.82, 2.24) is 9.62 Å². The molecule has 0 aromatic heterocycles. The van der Waals surface area contributed by atoms with Gasteiger partial charge in [-0.05, 0) is 48.6 Å². The van der Waals surface area contributed by atoms with Crippen LogP contribution in [0, 0.1) is 5.92 Å². The minimum atomic E-state index is -3.61. The van der Waals surface area contributed by atoms with Crippen molar-refractivity contribution >= 4 is 26.7 Å². The molecule has 2 aromatic rings. The van der Waals surface area contributed by atoms with Gasteiger partial charge in [0.05, 0.1) is 10.8 Å². The minimum absolute atomic E-state index is 0.0234. The Morgan fingerprint density at radius 2 is 1.62 bits per heavy atom. The van der Waals surface area contributed by atoms with Crippen LogP contribution in [0.4, 0.5) is 0 Å². The van der Waals surface area contributed by atoms with Gasteiger partial charge in [0.25, 0.3) is 0 Å². The number of sulfonamides is 1. The maximum Gasteiger partial charge on any atom is 0.243 e. The van der Waals surface area contributed by atoms with Crippen LogP contribution in [0.25, 0.3) is 10.8 Å². The van der Waals surface area contributed by atoms with E-state index < -0.39 is 10.0 Å². The summed E-state index contributed by atoms with van der Waals surface area (Å²) < 4.78 is 28.0. The Labute approximate surface area is 173 Å². The molecular formula is C23H30N2O3S. The molecule has 156 valence electrons. The van der Waals surface area contributed by atoms with E-state index in [4.69, 9.17) is 0 Å². The van der Waals surface area contributed by atoms with Crippen molar-refractivity contribution < 1.29 is 13.2 Å². The van der Waals surface area contributed by atoms with Gasteiger partial charge in [-0.25, -0.2) is 8.42 Å². The van der Waals surface area contributed by atoms with Gasteiger partial charge in [-0.3, -0.25) is 4.79 Å². The summed E-state index contributed by atoms with van der Waals surface area (Å²) in [5, 5.41) is 5.13. The quantitative estimate of drug-likeness (QED) is 0.767. The van der Waals surface area contributed by atoms with Crippen LogP contribution in [0.5, 0.6) is 0 Å². The Bertz CT molecular complexity index is 965. The molecule has 1 aliphatic heterocycles. The molecule has 1 atom stereocenters. The summed E-state index contributed by atoms with van der Waals surface area (Å²) in [6.45, 7) is 0.746. The van der Waals surface area contributed by atoms with Gasteiger partial charge in [-0.15, -0.1) is 0 Å². The molecule has 4 rings (SSSR count). The molecule has 0 radical (unpaired) electrons. The summed E-state index contributed by atoms with van der Waals surface area (Å²) in [5.74, 6) is -0.238. The van der Waals surface area contributed by atoms with Crippen LogP contribution in [-0.4, -0.2) is 37.8 Å². The molecule has 1 aliphatic carbocycles. The molecule has 1 N–H and O–H groups in total. The van der Waals surface area contributed by atoms with E-state index in [0.717, 1.165) is 49.3 Å². The molecule has 0 spiro atoms. The average Bonchev–Trinajstić information content (AvgIpc) is 3.02. The molecule has 6 heteroatoms. The Kier molecular flexibility index (Phi) is 6.20. The van der Waals surface area contributed by atoms with Gasteiger partial charge in [0.1, 0.15) is 0 Å². The van der Waals surface area contributed by atoms with Crippen LogP contribution >= 0.6 is 0 Å². The number of piperidine rings is 1. The fourth-order valence-corrected chi connectivity index (χ4v) is 6.15. The number of nitrogens with one attached hydrogen (secondary N) is 1. The second-order valence-corrected chi connectivity index (χ2v) is 10.3. The second kappa shape index (κ2) is 8.84. The van der Waals surface area contributed by atoms with E-state index in [9.17, 15) is 13.2 Å². The lowest BCUT2D eigenvalue weighted by molar-refractivity contribution is -0.126. The Balaban J connectivity index is 1.46. The summed E-state index contributed by atoms with van der Waals surface area (Å²) in [6, 6.07) is 13.3. The van der Waals surface area contributed by atoms with Crippen LogP contribution in [0.3, 0.4) is 0 Å². The molecule has 2 aromatic carbocycles. The second-order valence-electron chi connectivity index (χ2n) is 8.41. The number of hydrogen-bond acceptors (Lipinski definition) is 3. The van der Waals surface area contributed by atoms with E-state index in [-0.39, 0.29) is 24.4 Å². The van der Waals surface area contributed by atoms with Crippen LogP contribution in [0.1, 0.15) is 51.4 Å². The van der Waals surface area contributed by atoms with E-state index in [1.165, 1.54) is 17.1 Å². The number of carbonyl (C=O) groups is 1. The van der Waals surface area contributed by atoms with Crippen molar-refractivity contribution in [1.29, 1.82) is 0 Å². The van der Waals surface area contributed by atoms with E-state index in [1.807, 2.05) is 30.3 Å². The zero-order valence-corrected chi connectivity index (χ0v) is 17.7. The third kappa shape index (κ3) is 4.64. The summed E-state index contributed by atoms with van der Waals surface area (Å²) in [4.78, 5) is 13.1. The third-order valence-electron chi connectivity index (χ3n) is 6.32. The maximum atomic E-state index is 13.2. The number of rotatable bonds is 4. The molecule has 0 unspecified atom stereocenters. The highest BCUT2D eigenvalue weighted by Gasteiger charge is 2.34. The van der Waals surface area contributed by atoms with Crippen molar-refractivity contribution in [2.45, 2.75) is 62.3 Å². The zero-order chi connectivity index (χ0) is 20.3. The number of nitrogens with zero attached hydrogens (tertiary/aromatic N) is 1. The number of benzene rings is 2. The predicted octanol–water partition coefficient (Wildman–Crippen LogP) is 4.08. The standard InChI is InChI=1S/C23H30N2O3S/c26-23(24-21-11-3-1-2-4-12-21)20-10-7-15-25(17-20)29(27,28)22-14-13-18-8-5-6-9-19(18)16-22/h5-6,8-9,13-14,16,20-21H,1-4,7,10-12,15,17H2,(H,24,26)/t20-/m1/s1. The summed E-state index contributed by atoms with van der Waals surface area (Å²) in [7, 11) is -3.61. The number of fused-ring (bicyclic) bond motifs is 1. The molecule has 1 heterocycles. The molecule has 0 bridgehead atoms. The normalized spacial score (nSPS) is 22.3. The number of hydrogen-bond donors (Lipinski definition) is 1. The van der Waals surface area contributed by atoms with Crippen LogP contribution < -0.4 is 5.32 Å². The first kappa shape index (κ1) is 20.4. The molecule has 1 saturated carbocycles. The first-order valence-corrected chi connectivity index (χ1v) is 12.3. The van der Waals surface area contributed by atoms with E-state index >= 15 is 0 Å². The predicted molar refractivity (Wildman–Crippen MR) is 115 cm³/mol. The maximum absolute atomic E-state index is 13.2. The summed E-state index contributed by atoms with van der Waals surface area (Å²) >= 11 is 0. The van der Waals surface area contributed by atoms with E-state index in [1.54, 1.807) is 12.1 Å². The first-order chi connectivity index (χ1) is 14.0. The Hall–Kier alpha value is -1.92. The fraction of sp³-hybridized carbons (Fsp3) is 0.522. The van der Waals surface area contributed by atoms with Gasteiger partial charge >= 0.3 is 0 Å². The lowest BCUT2D eigenvalue weighted by Crippen LogP contribution is -2.47. The monoisotopic (exact) mass is 414 g/mol. The van der Waals surface area contributed by atoms with Crippen molar-refractivity contribution in [3.05, 3.63) is 42.5 Å². The highest BCUT2D eigenvalue weighted by atomic mass is 32.2. The van der Waals surface area contributed by atoms with E-state index in [2.05, 4.69) is 5.32 Å². The van der Waals surface area contributed by atoms with E-state index in [0.29, 0.717) is 11.4 Å². The molecule has 2 aliphatic rings. The van der Waals surface area contributed by atoms with Crippen molar-refractivity contribution in [2.24, 2.45) is 5.92 Å². The smallest absolute Gasteiger partial charge is 0.243 e. The van der Waals surface area contributed by atoms with Gasteiger partial charge in [0.15, 0.2) is 0 Å². The number of amides is 1. The Morgan fingerprint density at radius 1 is 0.897 bits per heavy atom. The van der Waals surface area contributed by atoms with Gasteiger partial charge in [-0.1, -0.05) is 56.0 Å². The van der Waals surface area contributed by atoms with Crippen LogP contribution in [-0.2, 0) is 14.8 Å². The van der Waals surface area contributed by atoms with Crippen LogP contribution in [0.2, 0.25) is 0 Å². The molecular weight excluding hydrogens is 384 g/mol. The molecule has 1 saturated heterocycles. The molecule has 5 nitrogen and oxygen atoms in total. The molecule has 29 heavy (non-hydrogen) atoms. The molecule has 2 fully saturated rings. The van der Waals surface area contributed by atoms with Gasteiger partial charge in [0, 0.05) is 19.1 Å². The average molecular weight is 415 g/mol. The SMILES string of the molecule is O=C(NC1CCCCCC1)[C@@H]1CCCN(S(=O)(=O)c2ccc3ccccc3c2)C1. The topological polar surface area (TPSA) is 66.5 Å². The highest BCUT2D eigenvalue weighted by molar-refractivity contribution is 7.89. The zero-order valence-electron chi connectivity index (χ0n) is 16.8. The first-order valence-electron chi connectivity index (χ1n) is 10.8. The third-order valence-corrected chi connectivity index (χ3v) is 8.18. The summed E-state index contributed by atoms with van der Waals surface area (Å²) in [5.41, 5.74) is 0. The summed E-state index contributed by atoms with van der Waals surface area (Å²) in [6.07, 6.45) is 8.37. The number of carbonyl (C=O) groups excluding carboxylic acids is 1. The lowest BCUT2D eigenvalue weighted by Gasteiger charge is -2.32. The lowest BCUT2D eigenvalue weighted by atomic mass is 9.97. The van der Waals surface area contributed by atoms with Crippen molar-refractivity contribution in [3.63, 3.8) is 0 Å². The minimum Gasteiger partial charge on any atom is -0.353 e. The van der Waals surface area contributed by atoms with Crippen molar-refractivity contribution in [3.8, 4) is 0 Å².